The smallest absolute Gasteiger partial charge is 0.307 e. The normalized spacial score (nSPS) is 33.5. The van der Waals surface area contributed by atoms with Crippen molar-refractivity contribution >= 4 is 5.97 Å². The zero-order valence-corrected chi connectivity index (χ0v) is 32.0. The van der Waals surface area contributed by atoms with Gasteiger partial charge in [-0.3, -0.25) is 4.79 Å². The third-order valence-electron chi connectivity index (χ3n) is 14.5. The van der Waals surface area contributed by atoms with Crippen LogP contribution in [0, 0.1) is 51.8 Å². The highest BCUT2D eigenvalue weighted by Crippen LogP contribution is 2.74. The van der Waals surface area contributed by atoms with E-state index >= 15 is 0 Å². The molecular formula is C45H76O2. The van der Waals surface area contributed by atoms with Crippen LogP contribution in [-0.4, -0.2) is 11.1 Å². The Kier molecular flexibility index (Phi) is 14.8. The lowest BCUT2D eigenvalue weighted by Gasteiger charge is -2.66. The summed E-state index contributed by atoms with van der Waals surface area (Å²) in [6, 6.07) is 0. The Morgan fingerprint density at radius 3 is 2.26 bits per heavy atom. The predicted molar refractivity (Wildman–Crippen MR) is 202 cm³/mol. The van der Waals surface area contributed by atoms with E-state index in [-0.39, 0.29) is 22.2 Å². The summed E-state index contributed by atoms with van der Waals surface area (Å²) < 4.78 is 0. The van der Waals surface area contributed by atoms with E-state index in [0.29, 0.717) is 11.8 Å². The van der Waals surface area contributed by atoms with E-state index in [1.807, 2.05) is 0 Å². The van der Waals surface area contributed by atoms with Gasteiger partial charge in [0.25, 0.3) is 0 Å². The van der Waals surface area contributed by atoms with Crippen molar-refractivity contribution < 1.29 is 9.90 Å². The summed E-state index contributed by atoms with van der Waals surface area (Å²) in [7, 11) is 0. The minimum absolute atomic E-state index is 0.0758. The number of rotatable bonds is 20. The second kappa shape index (κ2) is 18.1. The van der Waals surface area contributed by atoms with Crippen molar-refractivity contribution in [2.24, 2.45) is 51.8 Å². The molecule has 0 aromatic heterocycles. The largest absolute Gasteiger partial charge is 0.481 e. The summed E-state index contributed by atoms with van der Waals surface area (Å²) in [6.07, 6.45) is 40.3. The second-order valence-electron chi connectivity index (χ2n) is 17.9. The van der Waals surface area contributed by atoms with Gasteiger partial charge in [-0.25, -0.2) is 0 Å². The number of carboxylic acids is 1. The maximum atomic E-state index is 13.6. The molecule has 4 aliphatic carbocycles. The van der Waals surface area contributed by atoms with E-state index < -0.39 is 5.97 Å². The molecule has 3 saturated carbocycles. The van der Waals surface area contributed by atoms with E-state index in [2.05, 4.69) is 71.9 Å². The van der Waals surface area contributed by atoms with Gasteiger partial charge in [-0.05, 0) is 136 Å². The average Bonchev–Trinajstić information content (AvgIpc) is 3.40. The fourth-order valence-corrected chi connectivity index (χ4v) is 12.2. The van der Waals surface area contributed by atoms with Crippen molar-refractivity contribution in [2.45, 2.75) is 189 Å². The zero-order chi connectivity index (χ0) is 33.9. The van der Waals surface area contributed by atoms with Crippen molar-refractivity contribution in [1.29, 1.82) is 0 Å². The molecule has 4 rings (SSSR count). The van der Waals surface area contributed by atoms with Gasteiger partial charge in [0.05, 0.1) is 5.92 Å². The van der Waals surface area contributed by atoms with Gasteiger partial charge >= 0.3 is 5.97 Å². The summed E-state index contributed by atoms with van der Waals surface area (Å²) in [4.78, 5) is 13.6. The van der Waals surface area contributed by atoms with Gasteiger partial charge in [-0.1, -0.05) is 135 Å². The molecular weight excluding hydrogens is 572 g/mol. The summed E-state index contributed by atoms with van der Waals surface area (Å²) in [6.45, 7) is 14.8. The zero-order valence-electron chi connectivity index (χ0n) is 32.0. The molecule has 0 bridgehead atoms. The van der Waals surface area contributed by atoms with E-state index in [0.717, 1.165) is 49.9 Å². The molecule has 2 nitrogen and oxygen atoms in total. The number of carbonyl (C=O) groups is 1. The molecule has 268 valence electrons. The second-order valence-corrected chi connectivity index (χ2v) is 17.9. The first-order valence-corrected chi connectivity index (χ1v) is 20.8. The predicted octanol–water partition coefficient (Wildman–Crippen LogP) is 13.9. The van der Waals surface area contributed by atoms with Gasteiger partial charge in [-0.15, -0.1) is 0 Å². The molecule has 0 aromatic rings. The Bertz CT molecular complexity index is 1050. The molecule has 47 heavy (non-hydrogen) atoms. The van der Waals surface area contributed by atoms with Crippen LogP contribution in [0.4, 0.5) is 0 Å². The summed E-state index contributed by atoms with van der Waals surface area (Å²) in [5.74, 6) is 2.69. The van der Waals surface area contributed by atoms with Crippen LogP contribution in [0.1, 0.15) is 189 Å². The quantitative estimate of drug-likeness (QED) is 0.105. The minimum atomic E-state index is -0.477. The Morgan fingerprint density at radius 2 is 1.55 bits per heavy atom. The average molecular weight is 649 g/mol. The van der Waals surface area contributed by atoms with Crippen molar-refractivity contribution in [3.8, 4) is 0 Å². The Hall–Kier alpha value is -1.31. The number of allylic oxidation sites excluding steroid dienone is 6. The number of hydrogen-bond donors (Lipinski definition) is 1. The topological polar surface area (TPSA) is 37.3 Å². The Labute approximate surface area is 292 Å². The first-order chi connectivity index (χ1) is 22.6. The lowest BCUT2D eigenvalue weighted by atomic mass is 9.38. The number of fused-ring (bicyclic) bond motifs is 5. The van der Waals surface area contributed by atoms with Crippen LogP contribution in [0.2, 0.25) is 0 Å². The Morgan fingerprint density at radius 1 is 0.830 bits per heavy atom. The van der Waals surface area contributed by atoms with Gasteiger partial charge in [0.1, 0.15) is 0 Å². The highest BCUT2D eigenvalue weighted by Gasteiger charge is 2.68. The molecule has 3 fully saturated rings. The van der Waals surface area contributed by atoms with E-state index in [1.165, 1.54) is 116 Å². The fourth-order valence-electron chi connectivity index (χ4n) is 12.2. The third kappa shape index (κ3) is 8.89. The van der Waals surface area contributed by atoms with Crippen molar-refractivity contribution in [3.05, 3.63) is 36.0 Å². The van der Waals surface area contributed by atoms with Crippen LogP contribution in [0.15, 0.2) is 36.0 Å². The van der Waals surface area contributed by atoms with Gasteiger partial charge in [-0.2, -0.15) is 0 Å². The molecule has 0 amide bonds. The molecule has 1 N–H and O–H groups in total. The van der Waals surface area contributed by atoms with Crippen molar-refractivity contribution in [2.75, 3.05) is 0 Å². The number of unbranched alkanes of at least 4 members (excludes halogenated alkanes) is 7. The molecule has 0 aromatic carbocycles. The van der Waals surface area contributed by atoms with E-state index in [4.69, 9.17) is 0 Å². The van der Waals surface area contributed by atoms with Crippen LogP contribution >= 0.6 is 0 Å². The molecule has 0 aliphatic heterocycles. The van der Waals surface area contributed by atoms with E-state index in [1.54, 1.807) is 5.57 Å². The minimum Gasteiger partial charge on any atom is -0.481 e. The van der Waals surface area contributed by atoms with E-state index in [9.17, 15) is 9.90 Å². The number of hydrogen-bond acceptors (Lipinski definition) is 1. The maximum Gasteiger partial charge on any atom is 0.307 e. The molecule has 0 spiro atoms. The summed E-state index contributed by atoms with van der Waals surface area (Å²) in [5, 5.41) is 11.2. The van der Waals surface area contributed by atoms with Crippen LogP contribution in [-0.2, 0) is 4.79 Å². The summed E-state index contributed by atoms with van der Waals surface area (Å²) >= 11 is 0. The Balaban J connectivity index is 1.43. The highest BCUT2D eigenvalue weighted by atomic mass is 16.4. The van der Waals surface area contributed by atoms with Gasteiger partial charge in [0.15, 0.2) is 0 Å². The molecule has 4 unspecified atom stereocenters. The highest BCUT2D eigenvalue weighted by molar-refractivity contribution is 5.71. The molecule has 2 heteroatoms. The monoisotopic (exact) mass is 649 g/mol. The van der Waals surface area contributed by atoms with Crippen LogP contribution in [0.3, 0.4) is 0 Å². The number of carboxylic acid groups (broad SMARTS) is 1. The SMILES string of the molecule is CCCCCC=CCC=CCCCCCCC(C(=O)O)C12CC=C3CCCC[C@]3(C)C1CC[C@@]1(C)C2CC[C@@H]1[C@H](C)CCCC(C)C. The van der Waals surface area contributed by atoms with Crippen LogP contribution in [0.25, 0.3) is 0 Å². The lowest BCUT2D eigenvalue weighted by Crippen LogP contribution is -2.61. The molecule has 4 aliphatic rings. The molecule has 0 radical (unpaired) electrons. The number of aliphatic carboxylic acids is 1. The first kappa shape index (κ1) is 38.5. The summed E-state index contributed by atoms with van der Waals surface area (Å²) in [5.41, 5.74) is 2.13. The van der Waals surface area contributed by atoms with Gasteiger partial charge in [0.2, 0.25) is 0 Å². The van der Waals surface area contributed by atoms with Gasteiger partial charge < -0.3 is 5.11 Å². The molecule has 8 atom stereocenters. The van der Waals surface area contributed by atoms with Crippen molar-refractivity contribution in [1.82, 2.24) is 0 Å². The molecule has 0 saturated heterocycles. The maximum absolute atomic E-state index is 13.6. The molecule has 0 heterocycles. The van der Waals surface area contributed by atoms with Crippen LogP contribution in [0.5, 0.6) is 0 Å². The first-order valence-electron chi connectivity index (χ1n) is 20.8. The van der Waals surface area contributed by atoms with Crippen LogP contribution < -0.4 is 0 Å². The fraction of sp³-hybridized carbons (Fsp3) is 0.844. The lowest BCUT2D eigenvalue weighted by molar-refractivity contribution is -0.178. The third-order valence-corrected chi connectivity index (χ3v) is 14.5. The van der Waals surface area contributed by atoms with Gasteiger partial charge in [0, 0.05) is 0 Å². The van der Waals surface area contributed by atoms with Crippen molar-refractivity contribution in [3.63, 3.8) is 0 Å². The standard InChI is InChI=1S/C45H76O2/c1-7-8-9-10-11-12-13-14-15-16-17-18-19-20-27-39(42(46)47)45-34-30-37-26-21-22-32-43(37,5)41(45)31-33-44(6)38(28-29-40(44)45)36(4)25-23-24-35(2)3/h11-12,14-15,30,35-36,38-41H,7-10,13,16-29,31-34H2,1-6H3,(H,46,47)/t36-,38-,39?,40?,41?,43+,44-,45?/m1/s1.